The molecule has 1 atom stereocenters. The van der Waals surface area contributed by atoms with E-state index in [4.69, 9.17) is 9.47 Å². The van der Waals surface area contributed by atoms with Crippen LogP contribution in [0.2, 0.25) is 0 Å². The first-order chi connectivity index (χ1) is 13.0. The number of aryl methyl sites for hydroxylation is 1. The summed E-state index contributed by atoms with van der Waals surface area (Å²) in [7, 11) is 0. The Morgan fingerprint density at radius 1 is 1.07 bits per heavy atom. The fourth-order valence-electron chi connectivity index (χ4n) is 2.54. The van der Waals surface area contributed by atoms with E-state index in [2.05, 4.69) is 5.32 Å². The van der Waals surface area contributed by atoms with Gasteiger partial charge in [-0.3, -0.25) is 9.59 Å². The van der Waals surface area contributed by atoms with Gasteiger partial charge in [0.25, 0.3) is 5.91 Å². The minimum Gasteiger partial charge on any atom is -0.494 e. The van der Waals surface area contributed by atoms with Crippen molar-refractivity contribution in [2.75, 3.05) is 13.2 Å². The lowest BCUT2D eigenvalue weighted by molar-refractivity contribution is -0.155. The molecule has 0 bridgehead atoms. The molecule has 0 saturated carbocycles. The Balaban J connectivity index is 1.59. The maximum atomic E-state index is 12.0. The third-order valence-corrected chi connectivity index (χ3v) is 4.02. The molecular weight excluding hydrogens is 342 g/mol. The molecule has 0 aromatic heterocycles. The first kappa shape index (κ1) is 20.5. The molecule has 0 fully saturated rings. The van der Waals surface area contributed by atoms with Crippen molar-refractivity contribution in [1.29, 1.82) is 0 Å². The lowest BCUT2D eigenvalue weighted by Crippen LogP contribution is -2.36. The predicted molar refractivity (Wildman–Crippen MR) is 105 cm³/mol. The number of hydrogen-bond donors (Lipinski definition) is 1. The molecule has 0 radical (unpaired) electrons. The fourth-order valence-corrected chi connectivity index (χ4v) is 2.54. The van der Waals surface area contributed by atoms with E-state index in [0.29, 0.717) is 19.6 Å². The van der Waals surface area contributed by atoms with Gasteiger partial charge in [0.1, 0.15) is 5.75 Å². The van der Waals surface area contributed by atoms with E-state index in [0.717, 1.165) is 23.3 Å². The molecule has 0 heterocycles. The summed E-state index contributed by atoms with van der Waals surface area (Å²) in [6.07, 6.45) is 0.692. The van der Waals surface area contributed by atoms with Gasteiger partial charge in [0.05, 0.1) is 6.61 Å². The van der Waals surface area contributed by atoms with Gasteiger partial charge in [0.2, 0.25) is 0 Å². The molecule has 2 rings (SSSR count). The first-order valence-corrected chi connectivity index (χ1v) is 9.25. The van der Waals surface area contributed by atoms with Crippen molar-refractivity contribution in [3.05, 3.63) is 65.7 Å². The number of carbonyl (C=O) groups is 2. The Labute approximate surface area is 160 Å². The van der Waals surface area contributed by atoms with Crippen LogP contribution in [0, 0.1) is 6.92 Å². The molecule has 5 heteroatoms. The molecule has 0 spiro atoms. The summed E-state index contributed by atoms with van der Waals surface area (Å²) in [6, 6.07) is 17.6. The molecular formula is C22H27NO4. The Morgan fingerprint density at radius 3 is 2.59 bits per heavy atom. The molecule has 0 aliphatic carbocycles. The van der Waals surface area contributed by atoms with Crippen molar-refractivity contribution in [1.82, 2.24) is 5.32 Å². The molecule has 2 aromatic rings. The quantitative estimate of drug-likeness (QED) is 0.515. The van der Waals surface area contributed by atoms with Crippen molar-refractivity contribution in [3.8, 4) is 5.75 Å². The van der Waals surface area contributed by atoms with Gasteiger partial charge >= 0.3 is 5.97 Å². The summed E-state index contributed by atoms with van der Waals surface area (Å²) in [4.78, 5) is 23.9. The van der Waals surface area contributed by atoms with Gasteiger partial charge in [0, 0.05) is 13.0 Å². The molecule has 0 aliphatic heterocycles. The molecule has 0 saturated heterocycles. The smallest absolute Gasteiger partial charge is 0.306 e. The number of ether oxygens (including phenoxy) is 2. The van der Waals surface area contributed by atoms with Gasteiger partial charge < -0.3 is 14.8 Å². The SMILES string of the molecule is Cc1cccc(OCCCC(=O)OC(C)C(=O)NCCc2ccccc2)c1. The Kier molecular flexibility index (Phi) is 8.36. The zero-order valence-corrected chi connectivity index (χ0v) is 15.9. The number of benzene rings is 2. The highest BCUT2D eigenvalue weighted by Gasteiger charge is 2.17. The summed E-state index contributed by atoms with van der Waals surface area (Å²) in [5, 5.41) is 2.79. The van der Waals surface area contributed by atoms with Gasteiger partial charge in [-0.15, -0.1) is 0 Å². The van der Waals surface area contributed by atoms with Crippen LogP contribution in [-0.2, 0) is 20.7 Å². The van der Waals surface area contributed by atoms with E-state index in [9.17, 15) is 9.59 Å². The normalized spacial score (nSPS) is 11.5. The molecule has 0 aliphatic rings. The van der Waals surface area contributed by atoms with Crippen LogP contribution in [0.25, 0.3) is 0 Å². The summed E-state index contributed by atoms with van der Waals surface area (Å²) in [5.41, 5.74) is 2.27. The van der Waals surface area contributed by atoms with E-state index < -0.39 is 12.1 Å². The third-order valence-electron chi connectivity index (χ3n) is 4.02. The van der Waals surface area contributed by atoms with E-state index in [-0.39, 0.29) is 12.3 Å². The van der Waals surface area contributed by atoms with Crippen molar-refractivity contribution < 1.29 is 19.1 Å². The molecule has 1 amide bonds. The van der Waals surface area contributed by atoms with E-state index in [1.165, 1.54) is 0 Å². The molecule has 5 nitrogen and oxygen atoms in total. The minimum absolute atomic E-state index is 0.216. The number of nitrogens with one attached hydrogen (secondary N) is 1. The molecule has 2 aromatic carbocycles. The Hall–Kier alpha value is -2.82. The predicted octanol–water partition coefficient (Wildman–Crippen LogP) is 3.44. The van der Waals surface area contributed by atoms with Crippen LogP contribution in [0.4, 0.5) is 0 Å². The molecule has 1 N–H and O–H groups in total. The lowest BCUT2D eigenvalue weighted by atomic mass is 10.1. The van der Waals surface area contributed by atoms with Gasteiger partial charge in [-0.05, 0) is 49.9 Å². The second-order valence-electron chi connectivity index (χ2n) is 6.43. The maximum Gasteiger partial charge on any atom is 0.306 e. The van der Waals surface area contributed by atoms with Gasteiger partial charge in [-0.1, -0.05) is 42.5 Å². The summed E-state index contributed by atoms with van der Waals surface area (Å²) in [5.74, 6) is 0.110. The topological polar surface area (TPSA) is 64.6 Å². The molecule has 144 valence electrons. The van der Waals surface area contributed by atoms with Crippen molar-refractivity contribution in [3.63, 3.8) is 0 Å². The van der Waals surface area contributed by atoms with Gasteiger partial charge in [-0.25, -0.2) is 0 Å². The van der Waals surface area contributed by atoms with Crippen molar-refractivity contribution in [2.24, 2.45) is 0 Å². The third kappa shape index (κ3) is 7.94. The van der Waals surface area contributed by atoms with Crippen LogP contribution in [0.5, 0.6) is 5.75 Å². The van der Waals surface area contributed by atoms with Crippen LogP contribution in [0.15, 0.2) is 54.6 Å². The minimum atomic E-state index is -0.800. The highest BCUT2D eigenvalue weighted by molar-refractivity contribution is 5.83. The highest BCUT2D eigenvalue weighted by Crippen LogP contribution is 2.12. The van der Waals surface area contributed by atoms with Gasteiger partial charge in [0.15, 0.2) is 6.10 Å². The van der Waals surface area contributed by atoms with E-state index in [1.54, 1.807) is 6.92 Å². The first-order valence-electron chi connectivity index (χ1n) is 9.25. The number of hydrogen-bond acceptors (Lipinski definition) is 4. The fraction of sp³-hybridized carbons (Fsp3) is 0.364. The number of amides is 1. The van der Waals surface area contributed by atoms with E-state index in [1.807, 2.05) is 61.5 Å². The van der Waals surface area contributed by atoms with Gasteiger partial charge in [-0.2, -0.15) is 0 Å². The zero-order chi connectivity index (χ0) is 19.5. The standard InChI is InChI=1S/C22H27NO4/c1-17-8-6-11-20(16-17)26-15-7-12-21(24)27-18(2)22(25)23-14-13-19-9-4-3-5-10-19/h3-6,8-11,16,18H,7,12-15H2,1-2H3,(H,23,25). The van der Waals surface area contributed by atoms with E-state index >= 15 is 0 Å². The maximum absolute atomic E-state index is 12.0. The van der Waals surface area contributed by atoms with Crippen molar-refractivity contribution >= 4 is 11.9 Å². The van der Waals surface area contributed by atoms with Crippen LogP contribution in [0.1, 0.15) is 30.9 Å². The largest absolute Gasteiger partial charge is 0.494 e. The molecule has 27 heavy (non-hydrogen) atoms. The van der Waals surface area contributed by atoms with Crippen LogP contribution in [-0.4, -0.2) is 31.1 Å². The average molecular weight is 369 g/mol. The average Bonchev–Trinajstić information content (AvgIpc) is 2.66. The summed E-state index contributed by atoms with van der Waals surface area (Å²) >= 11 is 0. The molecule has 1 unspecified atom stereocenters. The Bertz CT molecular complexity index is 730. The number of esters is 1. The lowest BCUT2D eigenvalue weighted by Gasteiger charge is -2.13. The number of carbonyl (C=O) groups excluding carboxylic acids is 2. The van der Waals surface area contributed by atoms with Crippen molar-refractivity contribution in [2.45, 2.75) is 39.2 Å². The second kappa shape index (κ2) is 11.0. The van der Waals surface area contributed by atoms with Crippen LogP contribution in [0.3, 0.4) is 0 Å². The van der Waals surface area contributed by atoms with Crippen LogP contribution < -0.4 is 10.1 Å². The Morgan fingerprint density at radius 2 is 1.85 bits per heavy atom. The zero-order valence-electron chi connectivity index (χ0n) is 15.9. The number of rotatable bonds is 10. The summed E-state index contributed by atoms with van der Waals surface area (Å²) < 4.78 is 10.8. The second-order valence-corrected chi connectivity index (χ2v) is 6.43. The van der Waals surface area contributed by atoms with Crippen LogP contribution >= 0.6 is 0 Å². The highest BCUT2D eigenvalue weighted by atomic mass is 16.5. The summed E-state index contributed by atoms with van der Waals surface area (Å²) in [6.45, 7) is 4.51. The monoisotopic (exact) mass is 369 g/mol.